The fourth-order valence-corrected chi connectivity index (χ4v) is 4.28. The van der Waals surface area contributed by atoms with Crippen LogP contribution in [0.3, 0.4) is 0 Å². The summed E-state index contributed by atoms with van der Waals surface area (Å²) in [5.41, 5.74) is 5.06. The zero-order valence-electron chi connectivity index (χ0n) is 16.8. The summed E-state index contributed by atoms with van der Waals surface area (Å²) in [4.78, 5) is 21.6. The molecule has 1 saturated heterocycles. The molecule has 0 spiro atoms. The number of amides is 1. The third kappa shape index (κ3) is 4.49. The van der Waals surface area contributed by atoms with E-state index in [9.17, 15) is 4.79 Å². The molecular weight excluding hydrogens is 382 g/mol. The van der Waals surface area contributed by atoms with Crippen LogP contribution in [0.2, 0.25) is 0 Å². The van der Waals surface area contributed by atoms with Crippen molar-refractivity contribution in [1.29, 1.82) is 0 Å². The predicted molar refractivity (Wildman–Crippen MR) is 118 cm³/mol. The second-order valence-electron chi connectivity index (χ2n) is 7.29. The first-order valence-corrected chi connectivity index (χ1v) is 10.7. The van der Waals surface area contributed by atoms with Gasteiger partial charge < -0.3 is 14.5 Å². The lowest BCUT2D eigenvalue weighted by Crippen LogP contribution is -2.37. The van der Waals surface area contributed by atoms with Gasteiger partial charge in [-0.1, -0.05) is 48.0 Å². The molecule has 2 heterocycles. The predicted octanol–water partition coefficient (Wildman–Crippen LogP) is 4.23. The summed E-state index contributed by atoms with van der Waals surface area (Å²) in [6.07, 6.45) is 0. The fraction of sp³-hybridized carbons (Fsp3) is 0.304. The molecule has 1 fully saturated rings. The number of ether oxygens (including phenoxy) is 1. The van der Waals surface area contributed by atoms with Crippen LogP contribution < -0.4 is 4.90 Å². The Morgan fingerprint density at radius 3 is 2.62 bits per heavy atom. The largest absolute Gasteiger partial charge is 0.378 e. The van der Waals surface area contributed by atoms with Gasteiger partial charge in [-0.15, -0.1) is 11.3 Å². The number of benzene rings is 2. The van der Waals surface area contributed by atoms with Gasteiger partial charge in [-0.05, 0) is 18.6 Å². The van der Waals surface area contributed by atoms with Crippen molar-refractivity contribution in [3.05, 3.63) is 70.7 Å². The minimum Gasteiger partial charge on any atom is -0.378 e. The van der Waals surface area contributed by atoms with Crippen molar-refractivity contribution in [3.63, 3.8) is 0 Å². The highest BCUT2D eigenvalue weighted by atomic mass is 32.1. The molecule has 1 aliphatic heterocycles. The molecule has 0 radical (unpaired) electrons. The molecule has 2 aromatic carbocycles. The van der Waals surface area contributed by atoms with E-state index in [1.807, 2.05) is 36.7 Å². The number of hydrogen-bond donors (Lipinski definition) is 0. The Bertz CT molecular complexity index is 978. The molecule has 150 valence electrons. The van der Waals surface area contributed by atoms with Crippen LogP contribution in [0.4, 0.5) is 5.69 Å². The van der Waals surface area contributed by atoms with Gasteiger partial charge in [0.1, 0.15) is 10.7 Å². The second-order valence-corrected chi connectivity index (χ2v) is 8.15. The third-order valence-electron chi connectivity index (χ3n) is 5.12. The first-order chi connectivity index (χ1) is 14.1. The van der Waals surface area contributed by atoms with Crippen LogP contribution in [-0.4, -0.2) is 49.1 Å². The average molecular weight is 408 g/mol. The number of aryl methyl sites for hydroxylation is 1. The average Bonchev–Trinajstić information content (AvgIpc) is 3.25. The standard InChI is InChI=1S/C23H25N3O2S/c1-17-7-9-18(10-8-17)22-24-20(16-29-22)23(27)25(2)15-19-5-3-4-6-21(19)26-11-13-28-14-12-26/h3-10,16H,11-15H2,1-2H3. The monoisotopic (exact) mass is 407 g/mol. The molecule has 0 N–H and O–H groups in total. The van der Waals surface area contributed by atoms with Crippen molar-refractivity contribution in [2.75, 3.05) is 38.3 Å². The van der Waals surface area contributed by atoms with Crippen molar-refractivity contribution in [2.24, 2.45) is 0 Å². The van der Waals surface area contributed by atoms with Crippen LogP contribution >= 0.6 is 11.3 Å². The number of carbonyl (C=O) groups is 1. The van der Waals surface area contributed by atoms with Gasteiger partial charge in [0.2, 0.25) is 0 Å². The summed E-state index contributed by atoms with van der Waals surface area (Å²) in [5, 5.41) is 2.72. The lowest BCUT2D eigenvalue weighted by molar-refractivity contribution is 0.0780. The lowest BCUT2D eigenvalue weighted by atomic mass is 10.1. The molecule has 6 heteroatoms. The summed E-state index contributed by atoms with van der Waals surface area (Å²) in [6, 6.07) is 16.5. The van der Waals surface area contributed by atoms with E-state index >= 15 is 0 Å². The number of aromatic nitrogens is 1. The van der Waals surface area contributed by atoms with Crippen molar-refractivity contribution in [1.82, 2.24) is 9.88 Å². The highest BCUT2D eigenvalue weighted by Gasteiger charge is 2.19. The van der Waals surface area contributed by atoms with E-state index < -0.39 is 0 Å². The zero-order valence-corrected chi connectivity index (χ0v) is 17.6. The number of rotatable bonds is 5. The van der Waals surface area contributed by atoms with Gasteiger partial charge in [0.25, 0.3) is 5.91 Å². The molecule has 0 bridgehead atoms. The Labute approximate surface area is 175 Å². The van der Waals surface area contributed by atoms with Crippen LogP contribution in [0, 0.1) is 6.92 Å². The summed E-state index contributed by atoms with van der Waals surface area (Å²) in [5.74, 6) is -0.0589. The van der Waals surface area contributed by atoms with Gasteiger partial charge in [-0.3, -0.25) is 4.79 Å². The molecule has 0 atom stereocenters. The number of carbonyl (C=O) groups excluding carboxylic acids is 1. The maximum atomic E-state index is 13.0. The Kier molecular flexibility index (Phi) is 5.92. The Morgan fingerprint density at radius 2 is 1.86 bits per heavy atom. The van der Waals surface area contributed by atoms with Gasteiger partial charge >= 0.3 is 0 Å². The summed E-state index contributed by atoms with van der Waals surface area (Å²) in [6.45, 7) is 5.84. The number of thiazole rings is 1. The summed E-state index contributed by atoms with van der Waals surface area (Å²) in [7, 11) is 1.84. The minimum absolute atomic E-state index is 0.0589. The van der Waals surface area contributed by atoms with E-state index in [2.05, 4.69) is 41.1 Å². The fourth-order valence-electron chi connectivity index (χ4n) is 3.48. The van der Waals surface area contributed by atoms with Crippen LogP contribution in [0.15, 0.2) is 53.9 Å². The Balaban J connectivity index is 1.49. The lowest BCUT2D eigenvalue weighted by Gasteiger charge is -2.31. The smallest absolute Gasteiger partial charge is 0.273 e. The van der Waals surface area contributed by atoms with Crippen LogP contribution in [-0.2, 0) is 11.3 Å². The first kappa shape index (κ1) is 19.6. The maximum absolute atomic E-state index is 13.0. The third-order valence-corrected chi connectivity index (χ3v) is 6.01. The van der Waals surface area contributed by atoms with Crippen molar-refractivity contribution >= 4 is 22.9 Å². The molecule has 1 aromatic heterocycles. The van der Waals surface area contributed by atoms with Crippen LogP contribution in [0.1, 0.15) is 21.6 Å². The quantitative estimate of drug-likeness (QED) is 0.635. The van der Waals surface area contributed by atoms with Crippen LogP contribution in [0.5, 0.6) is 0 Å². The molecule has 3 aromatic rings. The normalized spacial score (nSPS) is 14.1. The Morgan fingerprint density at radius 1 is 1.14 bits per heavy atom. The molecule has 1 aliphatic rings. The second kappa shape index (κ2) is 8.76. The molecule has 5 nitrogen and oxygen atoms in total. The zero-order chi connectivity index (χ0) is 20.2. The molecule has 1 amide bonds. The van der Waals surface area contributed by atoms with Crippen molar-refractivity contribution in [3.8, 4) is 10.6 Å². The number of hydrogen-bond acceptors (Lipinski definition) is 5. The van der Waals surface area contributed by atoms with E-state index in [1.165, 1.54) is 22.6 Å². The summed E-state index contributed by atoms with van der Waals surface area (Å²) < 4.78 is 5.47. The van der Waals surface area contributed by atoms with E-state index in [4.69, 9.17) is 4.74 Å². The van der Waals surface area contributed by atoms with Gasteiger partial charge in [0.05, 0.1) is 13.2 Å². The highest BCUT2D eigenvalue weighted by Crippen LogP contribution is 2.26. The van der Waals surface area contributed by atoms with Gasteiger partial charge in [-0.2, -0.15) is 0 Å². The molecule has 4 rings (SSSR count). The van der Waals surface area contributed by atoms with E-state index in [0.717, 1.165) is 42.4 Å². The van der Waals surface area contributed by atoms with Crippen LogP contribution in [0.25, 0.3) is 10.6 Å². The molecule has 0 aliphatic carbocycles. The van der Waals surface area contributed by atoms with E-state index in [0.29, 0.717) is 12.2 Å². The maximum Gasteiger partial charge on any atom is 0.273 e. The molecule has 0 unspecified atom stereocenters. The van der Waals surface area contributed by atoms with E-state index in [1.54, 1.807) is 4.90 Å². The summed E-state index contributed by atoms with van der Waals surface area (Å²) >= 11 is 1.51. The molecule has 29 heavy (non-hydrogen) atoms. The van der Waals surface area contributed by atoms with Gasteiger partial charge in [0, 0.05) is 43.3 Å². The minimum atomic E-state index is -0.0589. The van der Waals surface area contributed by atoms with Gasteiger partial charge in [0.15, 0.2) is 0 Å². The number of para-hydroxylation sites is 1. The van der Waals surface area contributed by atoms with Crippen molar-refractivity contribution < 1.29 is 9.53 Å². The van der Waals surface area contributed by atoms with Gasteiger partial charge in [-0.25, -0.2) is 4.98 Å². The SMILES string of the molecule is Cc1ccc(-c2nc(C(=O)N(C)Cc3ccccc3N3CCOCC3)cs2)cc1. The van der Waals surface area contributed by atoms with E-state index in [-0.39, 0.29) is 5.91 Å². The van der Waals surface area contributed by atoms with Crippen molar-refractivity contribution in [2.45, 2.75) is 13.5 Å². The topological polar surface area (TPSA) is 45.7 Å². The molecular formula is C23H25N3O2S. The number of nitrogens with zero attached hydrogens (tertiary/aromatic N) is 3. The Hall–Kier alpha value is -2.70. The number of anilines is 1. The number of morpholine rings is 1. The highest BCUT2D eigenvalue weighted by molar-refractivity contribution is 7.13. The molecule has 0 saturated carbocycles. The first-order valence-electron chi connectivity index (χ1n) is 9.80.